The van der Waals surface area contributed by atoms with Gasteiger partial charge in [0.2, 0.25) is 0 Å². The van der Waals surface area contributed by atoms with E-state index in [0.717, 1.165) is 17.1 Å². The van der Waals surface area contributed by atoms with Crippen LogP contribution in [0.4, 0.5) is 5.69 Å². The molecule has 0 saturated heterocycles. The van der Waals surface area contributed by atoms with Crippen molar-refractivity contribution in [1.82, 2.24) is 0 Å². The molecule has 2 nitrogen and oxygen atoms in total. The first-order valence-corrected chi connectivity index (χ1v) is 5.74. The largest absolute Gasteiger partial charge is 0.346 e. The summed E-state index contributed by atoms with van der Waals surface area (Å²) < 4.78 is 0. The first-order chi connectivity index (χ1) is 8.11. The van der Waals surface area contributed by atoms with Crippen LogP contribution in [0, 0.1) is 5.92 Å². The highest BCUT2D eigenvalue weighted by atomic mass is 15.1. The van der Waals surface area contributed by atoms with E-state index in [9.17, 15) is 0 Å². The van der Waals surface area contributed by atoms with E-state index in [-0.39, 0.29) is 0 Å². The summed E-state index contributed by atoms with van der Waals surface area (Å²) in [7, 11) is 2.04. The molecule has 90 valence electrons. The van der Waals surface area contributed by atoms with Crippen LogP contribution >= 0.6 is 0 Å². The van der Waals surface area contributed by atoms with Gasteiger partial charge in [0.25, 0.3) is 0 Å². The monoisotopic (exact) mass is 228 g/mol. The molecule has 1 aromatic rings. The van der Waals surface area contributed by atoms with E-state index in [1.807, 2.05) is 25.2 Å². The van der Waals surface area contributed by atoms with Crippen LogP contribution in [0.15, 0.2) is 59.4 Å². The Hall–Kier alpha value is -1.83. The summed E-state index contributed by atoms with van der Waals surface area (Å²) in [6, 6.07) is 10.2. The molecule has 0 aliphatic heterocycles. The normalized spacial score (nSPS) is 12.0. The molecule has 0 saturated carbocycles. The molecule has 0 unspecified atom stereocenters. The molecule has 0 heterocycles. The molecule has 1 aromatic carbocycles. The Labute approximate surface area is 104 Å². The molecule has 17 heavy (non-hydrogen) atoms. The molecule has 1 rings (SSSR count). The Morgan fingerprint density at radius 3 is 2.29 bits per heavy atom. The van der Waals surface area contributed by atoms with Crippen molar-refractivity contribution in [3.05, 3.63) is 54.4 Å². The van der Waals surface area contributed by atoms with Gasteiger partial charge in [0, 0.05) is 18.4 Å². The van der Waals surface area contributed by atoms with Crippen LogP contribution in [0.3, 0.4) is 0 Å². The fourth-order valence-corrected chi connectivity index (χ4v) is 1.90. The highest BCUT2D eigenvalue weighted by Crippen LogP contribution is 2.25. The maximum Gasteiger partial charge on any atom is 0.0813 e. The van der Waals surface area contributed by atoms with Crippen molar-refractivity contribution in [1.29, 1.82) is 0 Å². The predicted octanol–water partition coefficient (Wildman–Crippen LogP) is 3.88. The summed E-state index contributed by atoms with van der Waals surface area (Å²) in [5.74, 6) is 0.360. The van der Waals surface area contributed by atoms with Gasteiger partial charge < -0.3 is 4.90 Å². The minimum absolute atomic E-state index is 0.360. The number of rotatable bonds is 5. The summed E-state index contributed by atoms with van der Waals surface area (Å²) in [5, 5.41) is 0. The summed E-state index contributed by atoms with van der Waals surface area (Å²) in [6.07, 6.45) is 1.75. The second-order valence-electron chi connectivity index (χ2n) is 4.18. The van der Waals surface area contributed by atoms with Crippen LogP contribution in [0.2, 0.25) is 0 Å². The minimum Gasteiger partial charge on any atom is -0.346 e. The average Bonchev–Trinajstić information content (AvgIpc) is 2.35. The van der Waals surface area contributed by atoms with E-state index in [1.165, 1.54) is 0 Å². The number of anilines is 1. The highest BCUT2D eigenvalue weighted by Gasteiger charge is 2.14. The molecule has 0 aromatic heterocycles. The van der Waals surface area contributed by atoms with E-state index in [4.69, 9.17) is 0 Å². The van der Waals surface area contributed by atoms with Crippen LogP contribution in [-0.4, -0.2) is 13.8 Å². The molecule has 0 spiro atoms. The van der Waals surface area contributed by atoms with E-state index >= 15 is 0 Å². The van der Waals surface area contributed by atoms with Crippen molar-refractivity contribution in [3.63, 3.8) is 0 Å². The van der Waals surface area contributed by atoms with E-state index < -0.39 is 0 Å². The van der Waals surface area contributed by atoms with Crippen molar-refractivity contribution >= 4 is 12.4 Å². The van der Waals surface area contributed by atoms with Crippen LogP contribution in [0.25, 0.3) is 0 Å². The topological polar surface area (TPSA) is 15.6 Å². The first-order valence-electron chi connectivity index (χ1n) is 5.74. The summed E-state index contributed by atoms with van der Waals surface area (Å²) >= 11 is 0. The molecular formula is C15H20N2. The minimum atomic E-state index is 0.360. The molecule has 0 fully saturated rings. The molecule has 0 atom stereocenters. The average molecular weight is 228 g/mol. The Morgan fingerprint density at radius 2 is 1.88 bits per heavy atom. The molecular weight excluding hydrogens is 208 g/mol. The van der Waals surface area contributed by atoms with Crippen molar-refractivity contribution in [3.8, 4) is 0 Å². The van der Waals surface area contributed by atoms with Crippen LogP contribution < -0.4 is 4.90 Å². The smallest absolute Gasteiger partial charge is 0.0813 e. The molecule has 0 amide bonds. The van der Waals surface area contributed by atoms with Crippen molar-refractivity contribution in [2.45, 2.75) is 13.8 Å². The van der Waals surface area contributed by atoms with Crippen molar-refractivity contribution in [2.75, 3.05) is 11.9 Å². The molecule has 0 radical (unpaired) electrons. The summed E-state index contributed by atoms with van der Waals surface area (Å²) in [4.78, 5) is 6.18. The first kappa shape index (κ1) is 13.2. The van der Waals surface area contributed by atoms with Gasteiger partial charge in [0.15, 0.2) is 0 Å². The van der Waals surface area contributed by atoms with Gasteiger partial charge in [0.05, 0.1) is 5.70 Å². The molecule has 0 N–H and O–H groups in total. The van der Waals surface area contributed by atoms with Crippen molar-refractivity contribution in [2.24, 2.45) is 10.9 Å². The van der Waals surface area contributed by atoms with Gasteiger partial charge in [-0.3, -0.25) is 4.99 Å². The summed E-state index contributed by atoms with van der Waals surface area (Å²) in [6.45, 7) is 11.7. The number of aliphatic imine (C=N–C) groups is 1. The van der Waals surface area contributed by atoms with Gasteiger partial charge in [-0.25, -0.2) is 0 Å². The Balaban J connectivity index is 3.22. The van der Waals surface area contributed by atoms with Crippen LogP contribution in [-0.2, 0) is 0 Å². The molecule has 2 heteroatoms. The third-order valence-electron chi connectivity index (χ3n) is 2.68. The zero-order valence-corrected chi connectivity index (χ0v) is 10.9. The van der Waals surface area contributed by atoms with Crippen LogP contribution in [0.5, 0.6) is 0 Å². The van der Waals surface area contributed by atoms with Gasteiger partial charge in [-0.15, -0.1) is 0 Å². The zero-order chi connectivity index (χ0) is 12.8. The lowest BCUT2D eigenvalue weighted by Gasteiger charge is -2.26. The number of hydrogen-bond donors (Lipinski definition) is 0. The standard InChI is InChI=1S/C15H20N2/c1-6-14(16-4)15(12(2)3)17(5)13-10-8-7-9-11-13/h6-12H,1,4H2,2-3,5H3/b15-14-. The van der Waals surface area contributed by atoms with Gasteiger partial charge >= 0.3 is 0 Å². The zero-order valence-electron chi connectivity index (χ0n) is 10.9. The predicted molar refractivity (Wildman–Crippen MR) is 76.5 cm³/mol. The Morgan fingerprint density at radius 1 is 1.29 bits per heavy atom. The number of hydrogen-bond acceptors (Lipinski definition) is 2. The van der Waals surface area contributed by atoms with Gasteiger partial charge in [-0.2, -0.15) is 0 Å². The molecule has 0 aliphatic carbocycles. The third kappa shape index (κ3) is 3.06. The molecule has 0 aliphatic rings. The second kappa shape index (κ2) is 6.04. The molecule has 0 bridgehead atoms. The SMILES string of the molecule is C=C/C(N=C)=C(\C(C)C)N(C)c1ccccc1. The van der Waals surface area contributed by atoms with Gasteiger partial charge in [-0.1, -0.05) is 38.6 Å². The second-order valence-corrected chi connectivity index (χ2v) is 4.18. The quantitative estimate of drug-likeness (QED) is 0.551. The number of nitrogens with zero attached hydrogens (tertiary/aromatic N) is 2. The van der Waals surface area contributed by atoms with Crippen LogP contribution in [0.1, 0.15) is 13.8 Å². The number of benzene rings is 1. The van der Waals surface area contributed by atoms with E-state index in [2.05, 4.69) is 49.2 Å². The van der Waals surface area contributed by atoms with Gasteiger partial charge in [-0.05, 0) is 30.8 Å². The number of allylic oxidation sites excluding steroid dienone is 2. The lowest BCUT2D eigenvalue weighted by molar-refractivity contribution is 0.724. The Bertz CT molecular complexity index is 406. The fourth-order valence-electron chi connectivity index (χ4n) is 1.90. The lowest BCUT2D eigenvalue weighted by Crippen LogP contribution is -2.21. The van der Waals surface area contributed by atoms with E-state index in [1.54, 1.807) is 6.08 Å². The highest BCUT2D eigenvalue weighted by molar-refractivity contribution is 5.54. The summed E-state index contributed by atoms with van der Waals surface area (Å²) in [5.41, 5.74) is 3.10. The van der Waals surface area contributed by atoms with Crippen molar-refractivity contribution < 1.29 is 0 Å². The van der Waals surface area contributed by atoms with E-state index in [0.29, 0.717) is 5.92 Å². The number of para-hydroxylation sites is 1. The maximum absolute atomic E-state index is 4.04. The maximum atomic E-state index is 4.04. The van der Waals surface area contributed by atoms with Gasteiger partial charge in [0.1, 0.15) is 0 Å². The fraction of sp³-hybridized carbons (Fsp3) is 0.267. The lowest BCUT2D eigenvalue weighted by atomic mass is 10.1. The Kier molecular flexibility index (Phi) is 4.70. The third-order valence-corrected chi connectivity index (χ3v) is 2.68.